The first-order chi connectivity index (χ1) is 16.7. The highest BCUT2D eigenvalue weighted by Gasteiger charge is 2.87. The van der Waals surface area contributed by atoms with Crippen LogP contribution >= 0.6 is 0 Å². The number of aliphatic hydroxyl groups is 1. The summed E-state index contributed by atoms with van der Waals surface area (Å²) in [6.07, 6.45) is -1.20. The van der Waals surface area contributed by atoms with Crippen molar-refractivity contribution in [3.8, 4) is 0 Å². The number of epoxide rings is 1. The largest absolute Gasteiger partial charge is 0.462 e. The summed E-state index contributed by atoms with van der Waals surface area (Å²) in [5.41, 5.74) is -2.61. The maximum absolute atomic E-state index is 12.9. The van der Waals surface area contributed by atoms with Gasteiger partial charge in [-0.25, -0.2) is 4.79 Å². The molecular formula is C26H34O10. The third-order valence-corrected chi connectivity index (χ3v) is 8.22. The minimum absolute atomic E-state index is 0.137. The maximum Gasteiger partial charge on any atom is 0.342 e. The minimum atomic E-state index is -1.37. The van der Waals surface area contributed by atoms with E-state index in [9.17, 15) is 24.3 Å². The van der Waals surface area contributed by atoms with E-state index in [1.165, 1.54) is 20.8 Å². The molecular weight excluding hydrogens is 472 g/mol. The molecule has 0 aromatic carbocycles. The van der Waals surface area contributed by atoms with Crippen molar-refractivity contribution in [2.24, 2.45) is 11.3 Å². The monoisotopic (exact) mass is 506 g/mol. The van der Waals surface area contributed by atoms with E-state index in [1.807, 2.05) is 13.0 Å². The fourth-order valence-electron chi connectivity index (χ4n) is 6.54. The SMILES string of the molecule is CC(=O)OC1[C@H]2C(C)=CC[C@H](OC(C)=O)[C@]2(C)[C@@H](O)[C@H](OC(C)=O)C/C(C)=C\[C@@H]2OC(=O)[C@]3(C)O[C@]123. The second-order valence-corrected chi connectivity index (χ2v) is 10.7. The van der Waals surface area contributed by atoms with Crippen molar-refractivity contribution in [1.82, 2.24) is 0 Å². The summed E-state index contributed by atoms with van der Waals surface area (Å²) in [5.74, 6) is -3.11. The molecule has 10 heteroatoms. The van der Waals surface area contributed by atoms with Gasteiger partial charge in [0.15, 0.2) is 17.3 Å². The van der Waals surface area contributed by atoms with Crippen LogP contribution in [0.4, 0.5) is 0 Å². The van der Waals surface area contributed by atoms with Crippen LogP contribution < -0.4 is 0 Å². The van der Waals surface area contributed by atoms with Crippen LogP contribution in [0.3, 0.4) is 0 Å². The molecule has 1 spiro atoms. The molecule has 2 aliphatic heterocycles. The Labute approximate surface area is 209 Å². The van der Waals surface area contributed by atoms with Gasteiger partial charge in [0.2, 0.25) is 0 Å². The van der Waals surface area contributed by atoms with Gasteiger partial charge in [-0.15, -0.1) is 0 Å². The zero-order valence-electron chi connectivity index (χ0n) is 21.7. The Morgan fingerprint density at radius 1 is 1.03 bits per heavy atom. The molecule has 0 aromatic rings. The lowest BCUT2D eigenvalue weighted by Crippen LogP contribution is -2.63. The third kappa shape index (κ3) is 3.76. The van der Waals surface area contributed by atoms with E-state index in [-0.39, 0.29) is 12.8 Å². The molecule has 0 saturated carbocycles. The fraction of sp³-hybridized carbons (Fsp3) is 0.692. The van der Waals surface area contributed by atoms with Crippen LogP contribution in [-0.4, -0.2) is 70.7 Å². The molecule has 0 amide bonds. The number of carbonyl (C=O) groups excluding carboxylic acids is 4. The van der Waals surface area contributed by atoms with Gasteiger partial charge >= 0.3 is 23.9 Å². The molecule has 2 aliphatic carbocycles. The van der Waals surface area contributed by atoms with Crippen LogP contribution in [0.1, 0.15) is 61.3 Å². The lowest BCUT2D eigenvalue weighted by Gasteiger charge is -2.53. The molecule has 2 saturated heterocycles. The van der Waals surface area contributed by atoms with E-state index in [1.54, 1.807) is 26.8 Å². The van der Waals surface area contributed by atoms with E-state index in [2.05, 4.69) is 0 Å². The summed E-state index contributed by atoms with van der Waals surface area (Å²) in [6.45, 7) is 10.7. The molecule has 1 unspecified atom stereocenters. The smallest absolute Gasteiger partial charge is 0.342 e. The topological polar surface area (TPSA) is 138 Å². The Morgan fingerprint density at radius 3 is 2.19 bits per heavy atom. The van der Waals surface area contributed by atoms with Crippen molar-refractivity contribution in [1.29, 1.82) is 0 Å². The highest BCUT2D eigenvalue weighted by Crippen LogP contribution is 2.65. The molecule has 0 radical (unpaired) electrons. The van der Waals surface area contributed by atoms with E-state index >= 15 is 0 Å². The van der Waals surface area contributed by atoms with Crippen LogP contribution in [0.5, 0.6) is 0 Å². The van der Waals surface area contributed by atoms with Gasteiger partial charge in [-0.05, 0) is 26.8 Å². The molecule has 36 heavy (non-hydrogen) atoms. The zero-order valence-corrected chi connectivity index (χ0v) is 21.7. The van der Waals surface area contributed by atoms with Gasteiger partial charge in [-0.2, -0.15) is 0 Å². The van der Waals surface area contributed by atoms with E-state index in [0.717, 1.165) is 5.57 Å². The summed E-state index contributed by atoms with van der Waals surface area (Å²) in [5, 5.41) is 11.9. The number of hydrogen-bond acceptors (Lipinski definition) is 10. The van der Waals surface area contributed by atoms with Crippen molar-refractivity contribution in [2.75, 3.05) is 0 Å². The summed E-state index contributed by atoms with van der Waals surface area (Å²) in [4.78, 5) is 49.5. The number of rotatable bonds is 3. The average molecular weight is 507 g/mol. The molecule has 4 aliphatic rings. The number of hydrogen-bond donors (Lipinski definition) is 1. The lowest BCUT2D eigenvalue weighted by atomic mass is 9.56. The third-order valence-electron chi connectivity index (χ3n) is 8.22. The zero-order chi connectivity index (χ0) is 26.8. The molecule has 9 atom stereocenters. The normalized spacial score (nSPS) is 44.8. The highest BCUT2D eigenvalue weighted by molar-refractivity contribution is 5.89. The first kappa shape index (κ1) is 26.3. The van der Waals surface area contributed by atoms with Crippen LogP contribution in [-0.2, 0) is 42.9 Å². The van der Waals surface area contributed by atoms with Crippen LogP contribution in [0.2, 0.25) is 0 Å². The summed E-state index contributed by atoms with van der Waals surface area (Å²) in [6, 6.07) is 0. The molecule has 0 bridgehead atoms. The van der Waals surface area contributed by atoms with Crippen LogP contribution in [0.15, 0.2) is 23.3 Å². The van der Waals surface area contributed by atoms with Crippen molar-refractivity contribution in [3.05, 3.63) is 23.3 Å². The Hall–Kier alpha value is -2.72. The molecule has 2 heterocycles. The minimum Gasteiger partial charge on any atom is -0.462 e. The highest BCUT2D eigenvalue weighted by atomic mass is 16.7. The predicted molar refractivity (Wildman–Crippen MR) is 123 cm³/mol. The maximum atomic E-state index is 12.9. The molecule has 0 aromatic heterocycles. The van der Waals surface area contributed by atoms with E-state index < -0.39 is 76.9 Å². The molecule has 4 rings (SSSR count). The average Bonchev–Trinajstić information content (AvgIpc) is 3.34. The second kappa shape index (κ2) is 8.69. The Bertz CT molecular complexity index is 1060. The second-order valence-electron chi connectivity index (χ2n) is 10.7. The number of fused-ring (bicyclic) bond motifs is 1. The number of ether oxygens (including phenoxy) is 5. The molecule has 10 nitrogen and oxygen atoms in total. The van der Waals surface area contributed by atoms with Crippen LogP contribution in [0, 0.1) is 11.3 Å². The van der Waals surface area contributed by atoms with Crippen LogP contribution in [0.25, 0.3) is 0 Å². The summed E-state index contributed by atoms with van der Waals surface area (Å²) in [7, 11) is 0. The van der Waals surface area contributed by atoms with Crippen molar-refractivity contribution in [2.45, 2.75) is 103 Å². The van der Waals surface area contributed by atoms with Gasteiger partial charge in [0.1, 0.15) is 24.4 Å². The first-order valence-electron chi connectivity index (χ1n) is 12.1. The van der Waals surface area contributed by atoms with Crippen molar-refractivity contribution < 1.29 is 48.0 Å². The Morgan fingerprint density at radius 2 is 1.64 bits per heavy atom. The van der Waals surface area contributed by atoms with Crippen molar-refractivity contribution in [3.63, 3.8) is 0 Å². The van der Waals surface area contributed by atoms with E-state index in [4.69, 9.17) is 23.7 Å². The standard InChI is InChI=1S/C26H34O10/c1-12-10-17(32-14(3)27)21(30)24(6)18(33-15(4)28)9-8-13(2)20(24)22(34-16(5)29)26-19(11-12)35-23(31)25(26,7)36-26/h8,11,17-22,30H,9-10H2,1-7H3/b12-11-/t17-,18+,19+,20-,21+,22?,24+,25+,26+/m1/s1. The lowest BCUT2D eigenvalue weighted by molar-refractivity contribution is -0.203. The molecule has 1 N–H and O–H groups in total. The van der Waals surface area contributed by atoms with Gasteiger partial charge in [-0.3, -0.25) is 14.4 Å². The number of carbonyl (C=O) groups is 4. The number of esters is 4. The van der Waals surface area contributed by atoms with Gasteiger partial charge in [0.25, 0.3) is 0 Å². The summed E-state index contributed by atoms with van der Waals surface area (Å²) >= 11 is 0. The van der Waals surface area contributed by atoms with Crippen molar-refractivity contribution >= 4 is 23.9 Å². The van der Waals surface area contributed by atoms with Gasteiger partial charge < -0.3 is 28.8 Å². The fourth-order valence-corrected chi connectivity index (χ4v) is 6.54. The Kier molecular flexibility index (Phi) is 6.36. The van der Waals surface area contributed by atoms with E-state index in [0.29, 0.717) is 5.57 Å². The quantitative estimate of drug-likeness (QED) is 0.261. The molecule has 198 valence electrons. The van der Waals surface area contributed by atoms with Gasteiger partial charge in [0.05, 0.1) is 0 Å². The first-order valence-corrected chi connectivity index (χ1v) is 12.1. The number of aliphatic hydroxyl groups excluding tert-OH is 1. The van der Waals surface area contributed by atoms with Gasteiger partial charge in [-0.1, -0.05) is 24.1 Å². The predicted octanol–water partition coefficient (Wildman–Crippen LogP) is 1.92. The summed E-state index contributed by atoms with van der Waals surface area (Å²) < 4.78 is 29.1. The molecule has 2 fully saturated rings. The van der Waals surface area contributed by atoms with Gasteiger partial charge in [0, 0.05) is 44.9 Å². The Balaban J connectivity index is 1.99.